The van der Waals surface area contributed by atoms with Gasteiger partial charge in [-0.05, 0) is 6.07 Å². The maximum Gasteiger partial charge on any atom is 0.287 e. The fourth-order valence-electron chi connectivity index (χ4n) is 1.37. The molecular weight excluding hydrogens is 184 g/mol. The molecule has 14 heavy (non-hydrogen) atoms. The van der Waals surface area contributed by atoms with E-state index in [1.54, 1.807) is 6.07 Å². The smallest absolute Gasteiger partial charge is 0.287 e. The molecule has 2 N–H and O–H groups in total. The third-order valence-electron chi connectivity index (χ3n) is 2.18. The second-order valence-corrected chi connectivity index (χ2v) is 3.30. The molecule has 0 aromatic carbocycles. The number of anilines is 1. The van der Waals surface area contributed by atoms with Gasteiger partial charge in [-0.1, -0.05) is 0 Å². The van der Waals surface area contributed by atoms with Gasteiger partial charge in [-0.25, -0.2) is 4.98 Å². The summed E-state index contributed by atoms with van der Waals surface area (Å²) in [4.78, 5) is 15.9. The molecule has 0 aliphatic carbocycles. The van der Waals surface area contributed by atoms with Gasteiger partial charge in [-0.15, -0.1) is 0 Å². The Labute approximate surface area is 80.5 Å². The van der Waals surface area contributed by atoms with Crippen molar-refractivity contribution in [3.05, 3.63) is 28.4 Å². The molecular formula is C8H10N4O2. The van der Waals surface area contributed by atoms with Crippen LogP contribution in [-0.4, -0.2) is 29.0 Å². The van der Waals surface area contributed by atoms with Gasteiger partial charge in [0.05, 0.1) is 4.92 Å². The first-order chi connectivity index (χ1) is 6.66. The normalized spacial score (nSPS) is 16.5. The predicted octanol–water partition coefficient (Wildman–Crippen LogP) is 0.137. The van der Waals surface area contributed by atoms with Gasteiger partial charge in [-0.3, -0.25) is 10.1 Å². The van der Waals surface area contributed by atoms with Crippen LogP contribution in [0.4, 0.5) is 11.5 Å². The zero-order chi connectivity index (χ0) is 10.1. The van der Waals surface area contributed by atoms with Gasteiger partial charge in [0.25, 0.3) is 5.69 Å². The lowest BCUT2D eigenvalue weighted by Gasteiger charge is -2.37. The number of hydrogen-bond donors (Lipinski definition) is 1. The minimum absolute atomic E-state index is 0.0126. The Balaban J connectivity index is 2.10. The third kappa shape index (κ3) is 1.51. The van der Waals surface area contributed by atoms with Crippen LogP contribution in [0.5, 0.6) is 0 Å². The topological polar surface area (TPSA) is 85.3 Å². The number of nitro groups is 1. The summed E-state index contributed by atoms with van der Waals surface area (Å²) in [5.74, 6) is 0.748. The van der Waals surface area contributed by atoms with Crippen LogP contribution in [0.25, 0.3) is 0 Å². The lowest BCUT2D eigenvalue weighted by atomic mass is 10.1. The summed E-state index contributed by atoms with van der Waals surface area (Å²) in [6, 6.07) is 3.29. The van der Waals surface area contributed by atoms with Crippen molar-refractivity contribution in [2.24, 2.45) is 5.73 Å². The summed E-state index contributed by atoms with van der Waals surface area (Å²) in [6.45, 7) is 1.54. The molecule has 2 rings (SSSR count). The first-order valence-corrected chi connectivity index (χ1v) is 4.28. The molecule has 2 heterocycles. The molecule has 1 aromatic rings. The molecule has 0 bridgehead atoms. The number of nitrogens with zero attached hydrogens (tertiary/aromatic N) is 3. The molecule has 0 saturated carbocycles. The summed E-state index contributed by atoms with van der Waals surface area (Å²) in [5.41, 5.74) is 5.62. The SMILES string of the molecule is NC1CN(c2ccc([N+](=O)[O-])cn2)C1. The number of nitrogens with two attached hydrogens (primary N) is 1. The van der Waals surface area contributed by atoms with Gasteiger partial charge in [-0.2, -0.15) is 0 Å². The van der Waals surface area contributed by atoms with E-state index in [4.69, 9.17) is 5.73 Å². The van der Waals surface area contributed by atoms with Crippen LogP contribution in [0.15, 0.2) is 18.3 Å². The lowest BCUT2D eigenvalue weighted by molar-refractivity contribution is -0.385. The largest absolute Gasteiger partial charge is 0.353 e. The Morgan fingerprint density at radius 3 is 2.71 bits per heavy atom. The molecule has 0 spiro atoms. The van der Waals surface area contributed by atoms with Gasteiger partial charge in [0.1, 0.15) is 12.0 Å². The van der Waals surface area contributed by atoms with Crippen molar-refractivity contribution < 1.29 is 4.92 Å². The first kappa shape index (κ1) is 8.89. The van der Waals surface area contributed by atoms with Crippen molar-refractivity contribution in [1.29, 1.82) is 0 Å². The van der Waals surface area contributed by atoms with Crippen molar-refractivity contribution in [2.45, 2.75) is 6.04 Å². The third-order valence-corrected chi connectivity index (χ3v) is 2.18. The molecule has 1 aliphatic heterocycles. The molecule has 6 nitrogen and oxygen atoms in total. The quantitative estimate of drug-likeness (QED) is 0.534. The molecule has 1 fully saturated rings. The minimum Gasteiger partial charge on any atom is -0.353 e. The van der Waals surface area contributed by atoms with Crippen LogP contribution < -0.4 is 10.6 Å². The van der Waals surface area contributed by atoms with Crippen molar-refractivity contribution in [3.8, 4) is 0 Å². The summed E-state index contributed by atoms with van der Waals surface area (Å²) in [6.07, 6.45) is 1.26. The number of aromatic nitrogens is 1. The number of hydrogen-bond acceptors (Lipinski definition) is 5. The Morgan fingerprint density at radius 2 is 2.29 bits per heavy atom. The number of pyridine rings is 1. The average Bonchev–Trinajstić information content (AvgIpc) is 2.13. The van der Waals surface area contributed by atoms with Crippen molar-refractivity contribution in [1.82, 2.24) is 4.98 Å². The van der Waals surface area contributed by atoms with Gasteiger partial charge in [0.2, 0.25) is 0 Å². The van der Waals surface area contributed by atoms with E-state index in [1.165, 1.54) is 12.3 Å². The molecule has 1 aliphatic rings. The Kier molecular flexibility index (Phi) is 2.05. The molecule has 1 aromatic heterocycles. The Morgan fingerprint density at radius 1 is 1.57 bits per heavy atom. The number of rotatable bonds is 2. The highest BCUT2D eigenvalue weighted by Gasteiger charge is 2.24. The predicted molar refractivity (Wildman–Crippen MR) is 51.1 cm³/mol. The van der Waals surface area contributed by atoms with E-state index < -0.39 is 4.92 Å². The Bertz CT molecular complexity index is 345. The van der Waals surface area contributed by atoms with Gasteiger partial charge < -0.3 is 10.6 Å². The van der Waals surface area contributed by atoms with Crippen LogP contribution >= 0.6 is 0 Å². The Hall–Kier alpha value is -1.69. The molecule has 0 amide bonds. The van der Waals surface area contributed by atoms with Gasteiger partial charge in [0.15, 0.2) is 0 Å². The highest BCUT2D eigenvalue weighted by atomic mass is 16.6. The zero-order valence-corrected chi connectivity index (χ0v) is 7.46. The first-order valence-electron chi connectivity index (χ1n) is 4.28. The summed E-state index contributed by atoms with van der Waals surface area (Å²) >= 11 is 0. The van der Waals surface area contributed by atoms with Crippen molar-refractivity contribution in [2.75, 3.05) is 18.0 Å². The molecule has 0 atom stereocenters. The van der Waals surface area contributed by atoms with E-state index in [1.807, 2.05) is 4.90 Å². The van der Waals surface area contributed by atoms with Crippen LogP contribution in [0.1, 0.15) is 0 Å². The summed E-state index contributed by atoms with van der Waals surface area (Å²) in [7, 11) is 0. The second-order valence-electron chi connectivity index (χ2n) is 3.30. The minimum atomic E-state index is -0.460. The van der Waals surface area contributed by atoms with Crippen molar-refractivity contribution >= 4 is 11.5 Å². The maximum absolute atomic E-state index is 10.3. The molecule has 0 radical (unpaired) electrons. The second kappa shape index (κ2) is 3.22. The monoisotopic (exact) mass is 194 g/mol. The molecule has 74 valence electrons. The maximum atomic E-state index is 10.3. The highest BCUT2D eigenvalue weighted by molar-refractivity contribution is 5.45. The van der Waals surface area contributed by atoms with E-state index in [2.05, 4.69) is 4.98 Å². The summed E-state index contributed by atoms with van der Waals surface area (Å²) < 4.78 is 0. The van der Waals surface area contributed by atoms with Crippen LogP contribution in [0, 0.1) is 10.1 Å². The molecule has 1 saturated heterocycles. The lowest BCUT2D eigenvalue weighted by Crippen LogP contribution is -2.56. The average molecular weight is 194 g/mol. The van der Waals surface area contributed by atoms with Gasteiger partial charge >= 0.3 is 0 Å². The molecule has 0 unspecified atom stereocenters. The van der Waals surface area contributed by atoms with E-state index in [-0.39, 0.29) is 11.7 Å². The zero-order valence-electron chi connectivity index (χ0n) is 7.46. The fourth-order valence-corrected chi connectivity index (χ4v) is 1.37. The van der Waals surface area contributed by atoms with Crippen LogP contribution in [0.3, 0.4) is 0 Å². The van der Waals surface area contributed by atoms with Gasteiger partial charge in [0, 0.05) is 25.2 Å². The van der Waals surface area contributed by atoms with Crippen molar-refractivity contribution in [3.63, 3.8) is 0 Å². The summed E-state index contributed by atoms with van der Waals surface area (Å²) in [5, 5.41) is 10.3. The van der Waals surface area contributed by atoms with E-state index >= 15 is 0 Å². The highest BCUT2D eigenvalue weighted by Crippen LogP contribution is 2.19. The molecule has 6 heteroatoms. The van der Waals surface area contributed by atoms with E-state index in [0.29, 0.717) is 0 Å². The van der Waals surface area contributed by atoms with E-state index in [0.717, 1.165) is 18.9 Å². The fraction of sp³-hybridized carbons (Fsp3) is 0.375. The van der Waals surface area contributed by atoms with Crippen LogP contribution in [-0.2, 0) is 0 Å². The van der Waals surface area contributed by atoms with E-state index in [9.17, 15) is 10.1 Å². The standard InChI is InChI=1S/C8H10N4O2/c9-6-4-11(5-6)8-2-1-7(3-10-8)12(13)14/h1-3,6H,4-5,9H2. The van der Waals surface area contributed by atoms with Crippen LogP contribution in [0.2, 0.25) is 0 Å².